The zero-order valence-electron chi connectivity index (χ0n) is 8.66. The van der Waals surface area contributed by atoms with Crippen molar-refractivity contribution in [1.82, 2.24) is 0 Å². The van der Waals surface area contributed by atoms with Gasteiger partial charge in [0, 0.05) is 5.41 Å². The molecule has 0 N–H and O–H groups in total. The molecule has 2 nitrogen and oxygen atoms in total. The van der Waals surface area contributed by atoms with E-state index in [1.165, 1.54) is 0 Å². The zero-order valence-corrected chi connectivity index (χ0v) is 9.48. The van der Waals surface area contributed by atoms with Gasteiger partial charge in [0.15, 0.2) is 9.84 Å². The van der Waals surface area contributed by atoms with E-state index in [-0.39, 0.29) is 0 Å². The molecule has 0 heterocycles. The molecular weight excluding hydrogens is 196 g/mol. The summed E-state index contributed by atoms with van der Waals surface area (Å²) in [4.78, 5) is 0.357. The van der Waals surface area contributed by atoms with Crippen LogP contribution in [-0.2, 0) is 9.84 Å². The number of sulfone groups is 1. The number of aryl methyl sites for hydroxylation is 1. The average Bonchev–Trinajstić information content (AvgIpc) is 2.14. The number of hydrogen-bond acceptors (Lipinski definition) is 2. The van der Waals surface area contributed by atoms with Gasteiger partial charge >= 0.3 is 0 Å². The maximum Gasteiger partial charge on any atom is 0.199 e. The summed E-state index contributed by atoms with van der Waals surface area (Å²) in [6.45, 7) is 9.02. The molecule has 1 aromatic carbocycles. The van der Waals surface area contributed by atoms with Crippen LogP contribution in [0, 0.1) is 20.8 Å². The van der Waals surface area contributed by atoms with Gasteiger partial charge in [-0.3, -0.25) is 0 Å². The minimum Gasteiger partial charge on any atom is -0.219 e. The predicted octanol–water partition coefficient (Wildman–Crippen LogP) is 2.53. The lowest BCUT2D eigenvalue weighted by Crippen LogP contribution is -2.01. The second kappa shape index (κ2) is 3.58. The van der Waals surface area contributed by atoms with Crippen LogP contribution in [0.15, 0.2) is 29.0 Å². The number of benzene rings is 1. The third kappa shape index (κ3) is 1.73. The van der Waals surface area contributed by atoms with Crippen molar-refractivity contribution in [3.8, 4) is 0 Å². The minimum absolute atomic E-state index is 0.357. The first-order chi connectivity index (χ1) is 6.40. The van der Waals surface area contributed by atoms with Gasteiger partial charge in [0.05, 0.1) is 4.90 Å². The SMILES string of the molecule is C=CS(=O)(=O)c1ccc(C)c(C)c1C. The van der Waals surface area contributed by atoms with E-state index in [1.54, 1.807) is 6.07 Å². The first-order valence-corrected chi connectivity index (χ1v) is 5.89. The van der Waals surface area contributed by atoms with E-state index in [2.05, 4.69) is 6.58 Å². The largest absolute Gasteiger partial charge is 0.219 e. The number of rotatable bonds is 2. The lowest BCUT2D eigenvalue weighted by atomic mass is 10.1. The Labute approximate surface area is 85.2 Å². The topological polar surface area (TPSA) is 34.1 Å². The Bertz CT molecular complexity index is 470. The van der Waals surface area contributed by atoms with E-state index in [9.17, 15) is 8.42 Å². The summed E-state index contributed by atoms with van der Waals surface area (Å²) >= 11 is 0. The van der Waals surface area contributed by atoms with Gasteiger partial charge in [-0.1, -0.05) is 12.6 Å². The molecule has 0 saturated carbocycles. The van der Waals surface area contributed by atoms with E-state index in [0.29, 0.717) is 4.90 Å². The molecule has 76 valence electrons. The normalized spacial score (nSPS) is 11.4. The highest BCUT2D eigenvalue weighted by Crippen LogP contribution is 2.22. The molecule has 0 aliphatic carbocycles. The fraction of sp³-hybridized carbons (Fsp3) is 0.273. The third-order valence-electron chi connectivity index (χ3n) is 2.53. The lowest BCUT2D eigenvalue weighted by Gasteiger charge is -2.09. The van der Waals surface area contributed by atoms with E-state index >= 15 is 0 Å². The van der Waals surface area contributed by atoms with Gasteiger partial charge in [-0.05, 0) is 43.5 Å². The molecule has 0 aliphatic heterocycles. The molecular formula is C11H14O2S. The van der Waals surface area contributed by atoms with Crippen LogP contribution in [0.2, 0.25) is 0 Å². The Morgan fingerprint density at radius 2 is 1.71 bits per heavy atom. The number of hydrogen-bond donors (Lipinski definition) is 0. The smallest absolute Gasteiger partial charge is 0.199 e. The summed E-state index contributed by atoms with van der Waals surface area (Å²) in [7, 11) is -3.30. The van der Waals surface area contributed by atoms with Gasteiger partial charge in [-0.15, -0.1) is 0 Å². The second-order valence-corrected chi connectivity index (χ2v) is 5.21. The molecule has 0 fully saturated rings. The fourth-order valence-corrected chi connectivity index (χ4v) is 2.35. The second-order valence-electron chi connectivity index (χ2n) is 3.34. The van der Waals surface area contributed by atoms with Crippen molar-refractivity contribution in [3.05, 3.63) is 40.8 Å². The molecule has 0 unspecified atom stereocenters. The lowest BCUT2D eigenvalue weighted by molar-refractivity contribution is 0.604. The summed E-state index contributed by atoms with van der Waals surface area (Å²) < 4.78 is 23.1. The summed E-state index contributed by atoms with van der Waals surface area (Å²) in [5.74, 6) is 0. The Morgan fingerprint density at radius 1 is 1.14 bits per heavy atom. The van der Waals surface area contributed by atoms with Gasteiger partial charge in [0.2, 0.25) is 0 Å². The highest BCUT2D eigenvalue weighted by Gasteiger charge is 2.14. The molecule has 14 heavy (non-hydrogen) atoms. The summed E-state index contributed by atoms with van der Waals surface area (Å²) in [5, 5.41) is 0.990. The molecule has 0 aromatic heterocycles. The summed E-state index contributed by atoms with van der Waals surface area (Å²) in [6.07, 6.45) is 0. The molecule has 0 aliphatic rings. The van der Waals surface area contributed by atoms with E-state index in [0.717, 1.165) is 22.1 Å². The van der Waals surface area contributed by atoms with Gasteiger partial charge in [0.25, 0.3) is 0 Å². The molecule has 0 atom stereocenters. The van der Waals surface area contributed by atoms with Crippen LogP contribution in [0.25, 0.3) is 0 Å². The molecule has 1 rings (SSSR count). The van der Waals surface area contributed by atoms with Crippen LogP contribution in [-0.4, -0.2) is 8.42 Å². The van der Waals surface area contributed by atoms with Crippen LogP contribution in [0.5, 0.6) is 0 Å². The Kier molecular flexibility index (Phi) is 2.81. The first kappa shape index (κ1) is 11.0. The molecule has 3 heteroatoms. The standard InChI is InChI=1S/C11H14O2S/c1-5-14(12,13)11-7-6-8(2)9(3)10(11)4/h5-7H,1H2,2-4H3. The van der Waals surface area contributed by atoms with Crippen molar-refractivity contribution in [2.24, 2.45) is 0 Å². The highest BCUT2D eigenvalue weighted by molar-refractivity contribution is 7.94. The molecule has 0 saturated heterocycles. The van der Waals surface area contributed by atoms with Crippen LogP contribution >= 0.6 is 0 Å². The van der Waals surface area contributed by atoms with Crippen LogP contribution in [0.3, 0.4) is 0 Å². The zero-order chi connectivity index (χ0) is 10.9. The molecule has 0 bridgehead atoms. The van der Waals surface area contributed by atoms with Gasteiger partial charge in [-0.25, -0.2) is 8.42 Å². The van der Waals surface area contributed by atoms with Crippen molar-refractivity contribution in [3.63, 3.8) is 0 Å². The van der Waals surface area contributed by atoms with Crippen LogP contribution in [0.4, 0.5) is 0 Å². The monoisotopic (exact) mass is 210 g/mol. The summed E-state index contributed by atoms with van der Waals surface area (Å²) in [5.41, 5.74) is 2.93. The maximum absolute atomic E-state index is 11.6. The van der Waals surface area contributed by atoms with Crippen molar-refractivity contribution >= 4 is 9.84 Å². The maximum atomic E-state index is 11.6. The predicted molar refractivity (Wildman–Crippen MR) is 58.0 cm³/mol. The Balaban J connectivity index is 3.55. The van der Waals surface area contributed by atoms with Crippen LogP contribution < -0.4 is 0 Å². The van der Waals surface area contributed by atoms with Crippen molar-refractivity contribution in [1.29, 1.82) is 0 Å². The van der Waals surface area contributed by atoms with Crippen LogP contribution in [0.1, 0.15) is 16.7 Å². The highest BCUT2D eigenvalue weighted by atomic mass is 32.2. The Hall–Kier alpha value is -1.09. The van der Waals surface area contributed by atoms with Gasteiger partial charge in [-0.2, -0.15) is 0 Å². The van der Waals surface area contributed by atoms with Crippen molar-refractivity contribution in [2.45, 2.75) is 25.7 Å². The molecule has 0 amide bonds. The minimum atomic E-state index is -3.30. The van der Waals surface area contributed by atoms with Gasteiger partial charge in [0.1, 0.15) is 0 Å². The molecule has 0 radical (unpaired) electrons. The Morgan fingerprint density at radius 3 is 2.21 bits per heavy atom. The first-order valence-electron chi connectivity index (χ1n) is 4.34. The van der Waals surface area contributed by atoms with Gasteiger partial charge < -0.3 is 0 Å². The molecule has 0 spiro atoms. The van der Waals surface area contributed by atoms with E-state index in [1.807, 2.05) is 26.8 Å². The third-order valence-corrected chi connectivity index (χ3v) is 4.03. The van der Waals surface area contributed by atoms with Crippen molar-refractivity contribution < 1.29 is 8.42 Å². The van der Waals surface area contributed by atoms with E-state index < -0.39 is 9.84 Å². The van der Waals surface area contributed by atoms with Crippen molar-refractivity contribution in [2.75, 3.05) is 0 Å². The molecule has 1 aromatic rings. The summed E-state index contributed by atoms with van der Waals surface area (Å²) in [6, 6.07) is 3.45. The van der Waals surface area contributed by atoms with E-state index in [4.69, 9.17) is 0 Å². The average molecular weight is 210 g/mol. The quantitative estimate of drug-likeness (QED) is 0.751. The fourth-order valence-electron chi connectivity index (χ4n) is 1.33.